The van der Waals surface area contributed by atoms with Crippen LogP contribution in [0, 0.1) is 0 Å². The summed E-state index contributed by atoms with van der Waals surface area (Å²) in [5.41, 5.74) is 2.90. The first-order chi connectivity index (χ1) is 17.2. The maximum absolute atomic E-state index is 12.7. The SMILES string of the molecule is COC(=O)N(Cc1cc(NC(C)=O)ccc1Oc1cccc(CC(=O)O)c1)C[C@@H](C)c1ccccc1. The lowest BCUT2D eigenvalue weighted by molar-refractivity contribution is -0.136. The highest BCUT2D eigenvalue weighted by Gasteiger charge is 2.21. The van der Waals surface area contributed by atoms with Crippen LogP contribution < -0.4 is 10.1 Å². The largest absolute Gasteiger partial charge is 0.481 e. The third-order valence-electron chi connectivity index (χ3n) is 5.52. The predicted octanol–water partition coefficient (Wildman–Crippen LogP) is 5.44. The Bertz CT molecular complexity index is 1210. The molecule has 2 amide bonds. The standard InChI is InChI=1S/C28H30N2O6/c1-19(22-9-5-4-6-10-22)17-30(28(34)35-3)18-23-16-24(29-20(2)31)12-13-26(23)36-25-11-7-8-21(14-25)15-27(32)33/h4-14,16,19H,15,17-18H2,1-3H3,(H,29,31)(H,32,33)/t19-/m1/s1. The molecule has 2 N–H and O–H groups in total. The number of nitrogens with zero attached hydrogens (tertiary/aromatic N) is 1. The van der Waals surface area contributed by atoms with E-state index in [1.165, 1.54) is 14.0 Å². The molecule has 3 rings (SSSR count). The van der Waals surface area contributed by atoms with Gasteiger partial charge in [-0.15, -0.1) is 0 Å². The van der Waals surface area contributed by atoms with Gasteiger partial charge >= 0.3 is 12.1 Å². The Morgan fingerprint density at radius 3 is 2.42 bits per heavy atom. The van der Waals surface area contributed by atoms with Gasteiger partial charge in [0.2, 0.25) is 5.91 Å². The monoisotopic (exact) mass is 490 g/mol. The van der Waals surface area contributed by atoms with E-state index >= 15 is 0 Å². The van der Waals surface area contributed by atoms with E-state index in [1.54, 1.807) is 47.4 Å². The molecule has 0 aromatic heterocycles. The number of benzene rings is 3. The number of hydrogen-bond donors (Lipinski definition) is 2. The lowest BCUT2D eigenvalue weighted by atomic mass is 10.0. The Balaban J connectivity index is 1.92. The van der Waals surface area contributed by atoms with Crippen LogP contribution >= 0.6 is 0 Å². The topological polar surface area (TPSA) is 105 Å². The van der Waals surface area contributed by atoms with Crippen LogP contribution in [0.4, 0.5) is 10.5 Å². The van der Waals surface area contributed by atoms with Gasteiger partial charge in [0.25, 0.3) is 0 Å². The number of carboxylic acids is 1. The Labute approximate surface area is 210 Å². The number of rotatable bonds is 10. The second-order valence-electron chi connectivity index (χ2n) is 8.49. The highest BCUT2D eigenvalue weighted by Crippen LogP contribution is 2.30. The van der Waals surface area contributed by atoms with E-state index in [2.05, 4.69) is 5.32 Å². The van der Waals surface area contributed by atoms with Gasteiger partial charge in [-0.25, -0.2) is 4.79 Å². The molecule has 0 fully saturated rings. The molecule has 0 unspecified atom stereocenters. The van der Waals surface area contributed by atoms with Crippen molar-refractivity contribution in [1.82, 2.24) is 4.90 Å². The fourth-order valence-corrected chi connectivity index (χ4v) is 3.86. The minimum atomic E-state index is -0.936. The number of amides is 2. The summed E-state index contributed by atoms with van der Waals surface area (Å²) in [4.78, 5) is 37.0. The van der Waals surface area contributed by atoms with Gasteiger partial charge < -0.3 is 24.8 Å². The Hall–Kier alpha value is -4.33. The Morgan fingerprint density at radius 1 is 1.00 bits per heavy atom. The lowest BCUT2D eigenvalue weighted by Gasteiger charge is -2.26. The number of carbonyl (C=O) groups excluding carboxylic acids is 2. The third kappa shape index (κ3) is 7.59. The van der Waals surface area contributed by atoms with Crippen molar-refractivity contribution in [1.29, 1.82) is 0 Å². The van der Waals surface area contributed by atoms with Gasteiger partial charge in [-0.2, -0.15) is 0 Å². The fraction of sp³-hybridized carbons (Fsp3) is 0.250. The van der Waals surface area contributed by atoms with E-state index in [0.29, 0.717) is 34.9 Å². The molecule has 0 heterocycles. The normalized spacial score (nSPS) is 11.3. The van der Waals surface area contributed by atoms with E-state index in [1.807, 2.05) is 37.3 Å². The lowest BCUT2D eigenvalue weighted by Crippen LogP contribution is -2.33. The third-order valence-corrected chi connectivity index (χ3v) is 5.52. The van der Waals surface area contributed by atoms with Gasteiger partial charge in [0.15, 0.2) is 0 Å². The van der Waals surface area contributed by atoms with Crippen molar-refractivity contribution in [2.45, 2.75) is 32.7 Å². The summed E-state index contributed by atoms with van der Waals surface area (Å²) in [6.45, 7) is 4.01. The molecule has 8 heteroatoms. The Morgan fingerprint density at radius 2 is 1.75 bits per heavy atom. The van der Waals surface area contributed by atoms with Crippen LogP contribution in [0.3, 0.4) is 0 Å². The van der Waals surface area contributed by atoms with E-state index in [0.717, 1.165) is 5.56 Å². The first-order valence-electron chi connectivity index (χ1n) is 11.5. The number of aliphatic carboxylic acids is 1. The van der Waals surface area contributed by atoms with Gasteiger partial charge in [-0.05, 0) is 47.4 Å². The molecule has 0 aliphatic rings. The van der Waals surface area contributed by atoms with Crippen LogP contribution in [0.15, 0.2) is 72.8 Å². The molecule has 0 aliphatic heterocycles. The molecule has 36 heavy (non-hydrogen) atoms. The number of ether oxygens (including phenoxy) is 2. The molecular formula is C28H30N2O6. The molecule has 0 saturated heterocycles. The van der Waals surface area contributed by atoms with E-state index in [4.69, 9.17) is 14.6 Å². The smallest absolute Gasteiger partial charge is 0.409 e. The van der Waals surface area contributed by atoms with Gasteiger partial charge in [0, 0.05) is 24.7 Å². The first kappa shape index (κ1) is 26.3. The van der Waals surface area contributed by atoms with Gasteiger partial charge in [-0.3, -0.25) is 9.59 Å². The zero-order valence-corrected chi connectivity index (χ0v) is 20.6. The highest BCUT2D eigenvalue weighted by molar-refractivity contribution is 5.88. The van der Waals surface area contributed by atoms with Gasteiger partial charge in [0.05, 0.1) is 20.1 Å². The molecule has 0 saturated carbocycles. The first-order valence-corrected chi connectivity index (χ1v) is 11.5. The van der Waals surface area contributed by atoms with Crippen LogP contribution in [0.1, 0.15) is 36.5 Å². The van der Waals surface area contributed by atoms with Crippen LogP contribution in [-0.2, 0) is 27.3 Å². The maximum Gasteiger partial charge on any atom is 0.409 e. The second-order valence-corrected chi connectivity index (χ2v) is 8.49. The zero-order chi connectivity index (χ0) is 26.1. The number of carbonyl (C=O) groups is 3. The molecule has 1 atom stereocenters. The van der Waals surface area contributed by atoms with E-state index < -0.39 is 12.1 Å². The van der Waals surface area contributed by atoms with Crippen molar-refractivity contribution in [3.63, 3.8) is 0 Å². The van der Waals surface area contributed by atoms with Gasteiger partial charge in [0.1, 0.15) is 11.5 Å². The summed E-state index contributed by atoms with van der Waals surface area (Å²) < 4.78 is 11.2. The number of methoxy groups -OCH3 is 1. The molecule has 0 aliphatic carbocycles. The molecule has 0 radical (unpaired) electrons. The van der Waals surface area contributed by atoms with Crippen molar-refractivity contribution in [3.05, 3.63) is 89.5 Å². The Kier molecular flexibility index (Phi) is 9.05. The van der Waals surface area contributed by atoms with Crippen LogP contribution in [0.25, 0.3) is 0 Å². The van der Waals surface area contributed by atoms with E-state index in [-0.39, 0.29) is 24.8 Å². The average Bonchev–Trinajstić information content (AvgIpc) is 2.84. The molecule has 188 valence electrons. The van der Waals surface area contributed by atoms with Gasteiger partial charge in [-0.1, -0.05) is 49.4 Å². The molecule has 0 spiro atoms. The molecular weight excluding hydrogens is 460 g/mol. The summed E-state index contributed by atoms with van der Waals surface area (Å²) in [6.07, 6.45) is -0.615. The molecule has 0 bridgehead atoms. The predicted molar refractivity (Wildman–Crippen MR) is 136 cm³/mol. The van der Waals surface area contributed by atoms with Crippen molar-refractivity contribution >= 4 is 23.7 Å². The van der Waals surface area contributed by atoms with Crippen molar-refractivity contribution in [3.8, 4) is 11.5 Å². The maximum atomic E-state index is 12.7. The van der Waals surface area contributed by atoms with Crippen LogP contribution in [-0.4, -0.2) is 41.6 Å². The number of anilines is 1. The van der Waals surface area contributed by atoms with Crippen molar-refractivity contribution in [2.24, 2.45) is 0 Å². The van der Waals surface area contributed by atoms with Crippen LogP contribution in [0.2, 0.25) is 0 Å². The summed E-state index contributed by atoms with van der Waals surface area (Å²) in [7, 11) is 1.33. The fourth-order valence-electron chi connectivity index (χ4n) is 3.86. The number of nitrogens with one attached hydrogen (secondary N) is 1. The van der Waals surface area contributed by atoms with Crippen LogP contribution in [0.5, 0.6) is 11.5 Å². The summed E-state index contributed by atoms with van der Waals surface area (Å²) >= 11 is 0. The van der Waals surface area contributed by atoms with E-state index in [9.17, 15) is 14.4 Å². The highest BCUT2D eigenvalue weighted by atomic mass is 16.5. The summed E-state index contributed by atoms with van der Waals surface area (Å²) in [6, 6.07) is 21.9. The van der Waals surface area contributed by atoms with Crippen molar-refractivity contribution < 1.29 is 29.0 Å². The minimum absolute atomic E-state index is 0.0425. The zero-order valence-electron chi connectivity index (χ0n) is 20.6. The van der Waals surface area contributed by atoms with Crippen molar-refractivity contribution in [2.75, 3.05) is 19.0 Å². The molecule has 3 aromatic carbocycles. The second kappa shape index (κ2) is 12.4. The molecule has 8 nitrogen and oxygen atoms in total. The summed E-state index contributed by atoms with van der Waals surface area (Å²) in [5, 5.41) is 11.9. The molecule has 3 aromatic rings. The minimum Gasteiger partial charge on any atom is -0.481 e. The number of carboxylic acid groups (broad SMARTS) is 1. The average molecular weight is 491 g/mol. The summed E-state index contributed by atoms with van der Waals surface area (Å²) in [5.74, 6) is -0.185. The number of hydrogen-bond acceptors (Lipinski definition) is 5. The quantitative estimate of drug-likeness (QED) is 0.392.